The number of hydrogen-bond acceptors (Lipinski definition) is 2. The van der Waals surface area contributed by atoms with Crippen LogP contribution in [-0.2, 0) is 4.79 Å². The Morgan fingerprint density at radius 3 is 2.33 bits per heavy atom. The minimum atomic E-state index is 0.0401. The fourth-order valence-corrected chi connectivity index (χ4v) is 4.00. The number of allylic oxidation sites excluding steroid dienone is 6. The molecule has 3 heteroatoms. The van der Waals surface area contributed by atoms with Crippen molar-refractivity contribution in [2.45, 2.75) is 11.2 Å². The van der Waals surface area contributed by atoms with Crippen molar-refractivity contribution in [2.24, 2.45) is 0 Å². The predicted octanol–water partition coefficient (Wildman–Crippen LogP) is 4.91. The average molecular weight is 379 g/mol. The largest absolute Gasteiger partial charge is 0.508 e. The van der Waals surface area contributed by atoms with Gasteiger partial charge in [0.1, 0.15) is 5.75 Å². The van der Waals surface area contributed by atoms with Crippen LogP contribution >= 0.6 is 15.9 Å². The maximum absolute atomic E-state index is 12.1. The van der Waals surface area contributed by atoms with Gasteiger partial charge < -0.3 is 5.11 Å². The molecular formula is C21H15BrO2. The minimum absolute atomic E-state index is 0.0401. The Labute approximate surface area is 149 Å². The third-order valence-corrected chi connectivity index (χ3v) is 5.23. The molecule has 2 nitrogen and oxygen atoms in total. The summed E-state index contributed by atoms with van der Waals surface area (Å²) < 4.78 is 0. The Morgan fingerprint density at radius 2 is 1.62 bits per heavy atom. The number of carbonyl (C=O) groups is 1. The van der Waals surface area contributed by atoms with Crippen LogP contribution in [0.5, 0.6) is 5.75 Å². The molecule has 2 aliphatic carbocycles. The van der Waals surface area contributed by atoms with E-state index in [1.165, 1.54) is 0 Å². The fourth-order valence-electron chi connectivity index (χ4n) is 3.30. The number of phenolic OH excluding ortho intramolecular Hbond substituents is 1. The van der Waals surface area contributed by atoms with Crippen molar-refractivity contribution >= 4 is 32.9 Å². The van der Waals surface area contributed by atoms with E-state index in [1.807, 2.05) is 30.3 Å². The molecule has 0 saturated heterocycles. The lowest BCUT2D eigenvalue weighted by Crippen LogP contribution is -2.15. The van der Waals surface area contributed by atoms with Crippen LogP contribution in [0.2, 0.25) is 0 Å². The van der Waals surface area contributed by atoms with Crippen LogP contribution in [0, 0.1) is 0 Å². The zero-order valence-electron chi connectivity index (χ0n) is 12.9. The SMILES string of the molecule is O=C1C=C2C(=CC(c3ccc(O)cc3)=C2c2ccccc2)C(Br)C1. The number of hydrogen-bond donors (Lipinski definition) is 1. The smallest absolute Gasteiger partial charge is 0.157 e. The molecule has 2 aromatic carbocycles. The molecule has 0 radical (unpaired) electrons. The Morgan fingerprint density at radius 1 is 0.917 bits per heavy atom. The lowest BCUT2D eigenvalue weighted by Gasteiger charge is -2.20. The first kappa shape index (κ1) is 15.2. The van der Waals surface area contributed by atoms with Crippen molar-refractivity contribution in [3.05, 3.63) is 89.0 Å². The highest BCUT2D eigenvalue weighted by Gasteiger charge is 2.32. The number of alkyl halides is 1. The maximum Gasteiger partial charge on any atom is 0.157 e. The second kappa shape index (κ2) is 5.91. The van der Waals surface area contributed by atoms with E-state index in [9.17, 15) is 9.90 Å². The van der Waals surface area contributed by atoms with E-state index < -0.39 is 0 Å². The van der Waals surface area contributed by atoms with E-state index >= 15 is 0 Å². The van der Waals surface area contributed by atoms with Gasteiger partial charge in [-0.25, -0.2) is 0 Å². The van der Waals surface area contributed by atoms with Gasteiger partial charge in [0.2, 0.25) is 0 Å². The van der Waals surface area contributed by atoms with E-state index in [1.54, 1.807) is 18.2 Å². The van der Waals surface area contributed by atoms with Crippen LogP contribution in [0.1, 0.15) is 17.5 Å². The zero-order valence-corrected chi connectivity index (χ0v) is 14.5. The average Bonchev–Trinajstić information content (AvgIpc) is 2.96. The maximum atomic E-state index is 12.1. The monoisotopic (exact) mass is 378 g/mol. The van der Waals surface area contributed by atoms with Gasteiger partial charge in [-0.05, 0) is 57.7 Å². The van der Waals surface area contributed by atoms with Gasteiger partial charge in [0.15, 0.2) is 5.78 Å². The van der Waals surface area contributed by atoms with E-state index in [4.69, 9.17) is 0 Å². The highest BCUT2D eigenvalue weighted by atomic mass is 79.9. The van der Waals surface area contributed by atoms with Gasteiger partial charge in [-0.1, -0.05) is 58.4 Å². The van der Waals surface area contributed by atoms with Crippen LogP contribution < -0.4 is 0 Å². The lowest BCUT2D eigenvalue weighted by molar-refractivity contribution is -0.114. The van der Waals surface area contributed by atoms with E-state index in [0.29, 0.717) is 6.42 Å². The third-order valence-electron chi connectivity index (χ3n) is 4.41. The summed E-state index contributed by atoms with van der Waals surface area (Å²) in [6, 6.07) is 17.3. The van der Waals surface area contributed by atoms with Gasteiger partial charge in [-0.15, -0.1) is 0 Å². The first-order chi connectivity index (χ1) is 11.6. The third kappa shape index (κ3) is 2.55. The molecule has 1 unspecified atom stereocenters. The predicted molar refractivity (Wildman–Crippen MR) is 99.9 cm³/mol. The van der Waals surface area contributed by atoms with Crippen molar-refractivity contribution in [2.75, 3.05) is 0 Å². The molecule has 0 bridgehead atoms. The highest BCUT2D eigenvalue weighted by molar-refractivity contribution is 9.09. The fraction of sp³-hybridized carbons (Fsp3) is 0.0952. The van der Waals surface area contributed by atoms with Crippen LogP contribution in [0.4, 0.5) is 0 Å². The molecule has 0 amide bonds. The minimum Gasteiger partial charge on any atom is -0.508 e. The molecule has 0 spiro atoms. The number of rotatable bonds is 2. The number of carbonyl (C=O) groups excluding carboxylic acids is 1. The topological polar surface area (TPSA) is 37.3 Å². The van der Waals surface area contributed by atoms with Gasteiger partial charge in [0, 0.05) is 11.2 Å². The van der Waals surface area contributed by atoms with Crippen molar-refractivity contribution in [1.82, 2.24) is 0 Å². The lowest BCUT2D eigenvalue weighted by atomic mass is 9.88. The summed E-state index contributed by atoms with van der Waals surface area (Å²) >= 11 is 3.65. The molecule has 0 saturated carbocycles. The van der Waals surface area contributed by atoms with Crippen molar-refractivity contribution in [3.8, 4) is 5.75 Å². The number of halogens is 1. The van der Waals surface area contributed by atoms with Gasteiger partial charge in [-0.3, -0.25) is 4.79 Å². The Kier molecular flexibility index (Phi) is 3.73. The van der Waals surface area contributed by atoms with Gasteiger partial charge in [-0.2, -0.15) is 0 Å². The zero-order chi connectivity index (χ0) is 16.7. The second-order valence-electron chi connectivity index (χ2n) is 6.00. The summed E-state index contributed by atoms with van der Waals surface area (Å²) in [7, 11) is 0. The summed E-state index contributed by atoms with van der Waals surface area (Å²) in [6.07, 6.45) is 4.41. The van der Waals surface area contributed by atoms with Crippen LogP contribution in [0.3, 0.4) is 0 Å². The van der Waals surface area contributed by atoms with Crippen molar-refractivity contribution in [1.29, 1.82) is 0 Å². The number of phenols is 1. The molecule has 0 heterocycles. The van der Waals surface area contributed by atoms with E-state index in [2.05, 4.69) is 34.1 Å². The summed E-state index contributed by atoms with van der Waals surface area (Å²) in [5.74, 6) is 0.390. The molecule has 0 aromatic heterocycles. The molecule has 118 valence electrons. The van der Waals surface area contributed by atoms with Crippen LogP contribution in [-0.4, -0.2) is 15.7 Å². The molecule has 2 aliphatic rings. The molecule has 24 heavy (non-hydrogen) atoms. The first-order valence-electron chi connectivity index (χ1n) is 7.83. The van der Waals surface area contributed by atoms with Crippen LogP contribution in [0.25, 0.3) is 11.1 Å². The van der Waals surface area contributed by atoms with Gasteiger partial charge in [0.25, 0.3) is 0 Å². The molecule has 2 aromatic rings. The molecule has 1 atom stereocenters. The first-order valence-corrected chi connectivity index (χ1v) is 8.75. The van der Waals surface area contributed by atoms with Crippen LogP contribution in [0.15, 0.2) is 77.9 Å². The Bertz CT molecular complexity index is 903. The van der Waals surface area contributed by atoms with E-state index in [0.717, 1.165) is 33.4 Å². The standard InChI is InChI=1S/C21H15BrO2/c22-20-11-16(24)10-19-18(20)12-17(13-6-8-15(23)9-7-13)21(19)14-4-2-1-3-5-14/h1-10,12,20,23H,11H2. The Hall–Kier alpha value is -2.39. The number of fused-ring (bicyclic) bond motifs is 1. The molecule has 1 N–H and O–H groups in total. The summed E-state index contributed by atoms with van der Waals surface area (Å²) in [5, 5.41) is 9.57. The summed E-state index contributed by atoms with van der Waals surface area (Å²) in [4.78, 5) is 12.1. The summed E-state index contributed by atoms with van der Waals surface area (Å²) in [6.45, 7) is 0. The number of benzene rings is 2. The quantitative estimate of drug-likeness (QED) is 0.754. The van der Waals surface area contributed by atoms with Crippen molar-refractivity contribution < 1.29 is 9.90 Å². The molecular weight excluding hydrogens is 364 g/mol. The van der Waals surface area contributed by atoms with Gasteiger partial charge >= 0.3 is 0 Å². The normalized spacial score (nSPS) is 19.9. The number of aromatic hydroxyl groups is 1. The molecule has 4 rings (SSSR count). The summed E-state index contributed by atoms with van der Waals surface area (Å²) in [5.41, 5.74) is 6.43. The number of ketones is 1. The van der Waals surface area contributed by atoms with Crippen molar-refractivity contribution in [3.63, 3.8) is 0 Å². The van der Waals surface area contributed by atoms with E-state index in [-0.39, 0.29) is 16.4 Å². The van der Waals surface area contributed by atoms with Gasteiger partial charge in [0.05, 0.1) is 0 Å². The Balaban J connectivity index is 1.96. The highest BCUT2D eigenvalue weighted by Crippen LogP contribution is 2.47. The molecule has 0 aliphatic heterocycles. The second-order valence-corrected chi connectivity index (χ2v) is 7.10. The molecule has 0 fully saturated rings.